The molecule has 8 nitrogen and oxygen atoms in total. The number of carbonyl (C=O) groups is 2. The van der Waals surface area contributed by atoms with Crippen LogP contribution in [-0.2, 0) is 6.54 Å². The molecule has 21 heavy (non-hydrogen) atoms. The van der Waals surface area contributed by atoms with E-state index < -0.39 is 34.9 Å². The molecule has 1 aromatic carbocycles. The Balaban J connectivity index is 2.06. The highest BCUT2D eigenvalue weighted by molar-refractivity contribution is 5.93. The predicted octanol–water partition coefficient (Wildman–Crippen LogP) is 1.37. The molecule has 2 amide bonds. The van der Waals surface area contributed by atoms with Crippen molar-refractivity contribution in [3.8, 4) is 0 Å². The number of hydrogen-bond acceptors (Lipinski definition) is 5. The highest BCUT2D eigenvalue weighted by atomic mass is 19.1. The van der Waals surface area contributed by atoms with Crippen molar-refractivity contribution >= 4 is 17.7 Å². The van der Waals surface area contributed by atoms with E-state index in [1.54, 1.807) is 0 Å². The van der Waals surface area contributed by atoms with Crippen molar-refractivity contribution in [3.05, 3.63) is 41.5 Å². The maximum absolute atomic E-state index is 13.5. The highest BCUT2D eigenvalue weighted by Gasteiger charge is 2.16. The van der Waals surface area contributed by atoms with Gasteiger partial charge in [-0.05, 0) is 6.07 Å². The molecule has 1 aromatic heterocycles. The Bertz CT molecular complexity index is 675. The van der Waals surface area contributed by atoms with Crippen LogP contribution in [0.3, 0.4) is 0 Å². The number of carboxylic acid groups (broad SMARTS) is 1. The molecule has 0 saturated heterocycles. The SMILES string of the molecule is O=C(NCc1ncon1)Nc1cc(C(=O)O)c(F)cc1F. The number of halogens is 2. The van der Waals surface area contributed by atoms with Crippen molar-refractivity contribution in [2.24, 2.45) is 0 Å². The van der Waals surface area contributed by atoms with Crippen molar-refractivity contribution in [1.29, 1.82) is 0 Å². The molecule has 0 aliphatic rings. The zero-order chi connectivity index (χ0) is 15.4. The van der Waals surface area contributed by atoms with E-state index in [-0.39, 0.29) is 12.4 Å². The maximum atomic E-state index is 13.5. The molecule has 110 valence electrons. The molecule has 2 rings (SSSR count). The molecule has 0 bridgehead atoms. The van der Waals surface area contributed by atoms with E-state index in [0.717, 1.165) is 6.39 Å². The summed E-state index contributed by atoms with van der Waals surface area (Å²) in [4.78, 5) is 25.9. The minimum Gasteiger partial charge on any atom is -0.478 e. The first kappa shape index (κ1) is 14.4. The molecule has 0 aliphatic heterocycles. The minimum absolute atomic E-state index is 0.0864. The van der Waals surface area contributed by atoms with E-state index in [1.807, 2.05) is 0 Å². The van der Waals surface area contributed by atoms with Gasteiger partial charge in [-0.1, -0.05) is 5.16 Å². The van der Waals surface area contributed by atoms with Gasteiger partial charge >= 0.3 is 12.0 Å². The number of amides is 2. The Labute approximate surface area is 115 Å². The van der Waals surface area contributed by atoms with Gasteiger partial charge in [0.2, 0.25) is 6.39 Å². The van der Waals surface area contributed by atoms with Gasteiger partial charge in [0.15, 0.2) is 5.82 Å². The molecule has 0 saturated carbocycles. The van der Waals surface area contributed by atoms with E-state index in [0.29, 0.717) is 12.1 Å². The Morgan fingerprint density at radius 1 is 1.29 bits per heavy atom. The number of benzene rings is 1. The molecule has 1 heterocycles. The topological polar surface area (TPSA) is 117 Å². The van der Waals surface area contributed by atoms with E-state index >= 15 is 0 Å². The van der Waals surface area contributed by atoms with E-state index in [2.05, 4.69) is 25.3 Å². The zero-order valence-electron chi connectivity index (χ0n) is 10.3. The zero-order valence-corrected chi connectivity index (χ0v) is 10.3. The first-order chi connectivity index (χ1) is 9.97. The number of rotatable bonds is 4. The van der Waals surface area contributed by atoms with Gasteiger partial charge in [0.25, 0.3) is 0 Å². The summed E-state index contributed by atoms with van der Waals surface area (Å²) in [5.74, 6) is -3.73. The molecule has 2 aromatic rings. The van der Waals surface area contributed by atoms with Crippen LogP contribution in [0.2, 0.25) is 0 Å². The van der Waals surface area contributed by atoms with Gasteiger partial charge in [-0.3, -0.25) is 0 Å². The number of nitrogens with one attached hydrogen (secondary N) is 2. The Hall–Kier alpha value is -3.04. The lowest BCUT2D eigenvalue weighted by Crippen LogP contribution is -2.29. The van der Waals surface area contributed by atoms with Crippen molar-refractivity contribution in [2.45, 2.75) is 6.54 Å². The third-order valence-electron chi connectivity index (χ3n) is 2.35. The fourth-order valence-corrected chi connectivity index (χ4v) is 1.40. The third kappa shape index (κ3) is 3.49. The second-order valence-electron chi connectivity index (χ2n) is 3.77. The second-order valence-corrected chi connectivity index (χ2v) is 3.77. The lowest BCUT2D eigenvalue weighted by molar-refractivity contribution is 0.0692. The normalized spacial score (nSPS) is 10.2. The van der Waals surface area contributed by atoms with Gasteiger partial charge in [0.05, 0.1) is 17.8 Å². The van der Waals surface area contributed by atoms with Crippen LogP contribution in [0.4, 0.5) is 19.3 Å². The average Bonchev–Trinajstić information content (AvgIpc) is 2.92. The fraction of sp³-hybridized carbons (Fsp3) is 0.0909. The largest absolute Gasteiger partial charge is 0.478 e. The quantitative estimate of drug-likeness (QED) is 0.784. The van der Waals surface area contributed by atoms with Crippen LogP contribution in [0.1, 0.15) is 16.2 Å². The summed E-state index contributed by atoms with van der Waals surface area (Å²) in [6, 6.07) is 0.209. The average molecular weight is 298 g/mol. The molecule has 0 unspecified atom stereocenters. The number of aromatic carboxylic acids is 1. The van der Waals surface area contributed by atoms with Crippen LogP contribution in [0.25, 0.3) is 0 Å². The van der Waals surface area contributed by atoms with Crippen molar-refractivity contribution in [2.75, 3.05) is 5.32 Å². The summed E-state index contributed by atoms with van der Waals surface area (Å²) >= 11 is 0. The molecule has 0 radical (unpaired) electrons. The predicted molar refractivity (Wildman–Crippen MR) is 63.5 cm³/mol. The van der Waals surface area contributed by atoms with E-state index in [9.17, 15) is 18.4 Å². The second kappa shape index (κ2) is 5.94. The molecular formula is C11H8F2N4O4. The monoisotopic (exact) mass is 298 g/mol. The van der Waals surface area contributed by atoms with E-state index in [1.165, 1.54) is 0 Å². The van der Waals surface area contributed by atoms with Gasteiger partial charge < -0.3 is 20.3 Å². The number of carbonyl (C=O) groups excluding carboxylic acids is 1. The number of nitrogens with zero attached hydrogens (tertiary/aromatic N) is 2. The standard InChI is InChI=1S/C11H8F2N4O4/c12-6-2-7(13)8(1-5(6)10(18)19)16-11(20)14-3-9-15-4-21-17-9/h1-2,4H,3H2,(H,18,19)(H2,14,16,20). The molecule has 0 spiro atoms. The van der Waals surface area contributed by atoms with Crippen LogP contribution in [0.5, 0.6) is 0 Å². The number of anilines is 1. The number of aromatic nitrogens is 2. The molecule has 0 fully saturated rings. The fourth-order valence-electron chi connectivity index (χ4n) is 1.40. The van der Waals surface area contributed by atoms with Gasteiger partial charge in [0.1, 0.15) is 11.6 Å². The van der Waals surface area contributed by atoms with Gasteiger partial charge in [-0.25, -0.2) is 18.4 Å². The summed E-state index contributed by atoms with van der Waals surface area (Å²) in [6.07, 6.45) is 1.06. The van der Waals surface area contributed by atoms with Gasteiger partial charge in [-0.2, -0.15) is 4.98 Å². The van der Waals surface area contributed by atoms with Crippen LogP contribution >= 0.6 is 0 Å². The molecule has 3 N–H and O–H groups in total. The first-order valence-electron chi connectivity index (χ1n) is 5.50. The maximum Gasteiger partial charge on any atom is 0.338 e. The molecule has 10 heteroatoms. The summed E-state index contributed by atoms with van der Waals surface area (Å²) in [7, 11) is 0. The molecular weight excluding hydrogens is 290 g/mol. The Morgan fingerprint density at radius 2 is 2.05 bits per heavy atom. The number of urea groups is 1. The first-order valence-corrected chi connectivity index (χ1v) is 5.50. The minimum atomic E-state index is -1.58. The van der Waals surface area contributed by atoms with E-state index in [4.69, 9.17) is 5.11 Å². The van der Waals surface area contributed by atoms with Crippen LogP contribution < -0.4 is 10.6 Å². The Kier molecular flexibility index (Phi) is 4.07. The van der Waals surface area contributed by atoms with Gasteiger partial charge in [0, 0.05) is 6.07 Å². The van der Waals surface area contributed by atoms with Crippen molar-refractivity contribution < 1.29 is 28.0 Å². The van der Waals surface area contributed by atoms with Crippen molar-refractivity contribution in [3.63, 3.8) is 0 Å². The smallest absolute Gasteiger partial charge is 0.338 e. The van der Waals surface area contributed by atoms with Crippen LogP contribution in [0.15, 0.2) is 23.0 Å². The summed E-state index contributed by atoms with van der Waals surface area (Å²) in [5.41, 5.74) is -1.23. The number of hydrogen-bond donors (Lipinski definition) is 3. The van der Waals surface area contributed by atoms with Crippen LogP contribution in [-0.4, -0.2) is 27.2 Å². The highest BCUT2D eigenvalue weighted by Crippen LogP contribution is 2.19. The van der Waals surface area contributed by atoms with Gasteiger partial charge in [-0.15, -0.1) is 0 Å². The molecule has 0 aliphatic carbocycles. The lowest BCUT2D eigenvalue weighted by Gasteiger charge is -2.08. The number of carboxylic acids is 1. The lowest BCUT2D eigenvalue weighted by atomic mass is 10.2. The third-order valence-corrected chi connectivity index (χ3v) is 2.35. The summed E-state index contributed by atoms with van der Waals surface area (Å²) < 4.78 is 31.1. The van der Waals surface area contributed by atoms with Crippen LogP contribution in [0, 0.1) is 11.6 Å². The Morgan fingerprint density at radius 3 is 2.67 bits per heavy atom. The molecule has 0 atom stereocenters. The van der Waals surface area contributed by atoms with Crippen molar-refractivity contribution in [1.82, 2.24) is 15.5 Å². The summed E-state index contributed by atoms with van der Waals surface area (Å²) in [5, 5.41) is 16.5. The summed E-state index contributed by atoms with van der Waals surface area (Å²) in [6.45, 7) is -0.0864.